The number of carbonyl (C=O) groups is 2. The van der Waals surface area contributed by atoms with E-state index in [1.807, 2.05) is 44.2 Å². The number of halogens is 1. The highest BCUT2D eigenvalue weighted by atomic mass is 79.9. The maximum Gasteiger partial charge on any atom is 0.264 e. The number of carbonyl (C=O) groups excluding carboxylic acids is 2. The highest BCUT2D eigenvalue weighted by Gasteiger charge is 2.32. The van der Waals surface area contributed by atoms with E-state index in [1.54, 1.807) is 44.2 Å². The summed E-state index contributed by atoms with van der Waals surface area (Å²) in [6.45, 7) is 7.32. The van der Waals surface area contributed by atoms with Crippen LogP contribution in [0.3, 0.4) is 0 Å². The molecule has 0 aromatic heterocycles. The van der Waals surface area contributed by atoms with Crippen LogP contribution < -0.4 is 9.62 Å². The van der Waals surface area contributed by atoms with Gasteiger partial charge in [0.25, 0.3) is 10.0 Å². The van der Waals surface area contributed by atoms with Crippen LogP contribution in [0.4, 0.5) is 5.69 Å². The lowest BCUT2D eigenvalue weighted by molar-refractivity contribution is -0.139. The molecule has 0 aliphatic heterocycles. The molecular weight excluding hydrogens is 554 g/mol. The number of anilines is 1. The molecule has 0 heterocycles. The Bertz CT molecular complexity index is 1330. The van der Waals surface area contributed by atoms with E-state index in [0.29, 0.717) is 12.2 Å². The Morgan fingerprint density at radius 3 is 2.11 bits per heavy atom. The Kier molecular flexibility index (Phi) is 9.50. The zero-order chi connectivity index (χ0) is 27.2. The number of aryl methyl sites for hydroxylation is 2. The third kappa shape index (κ3) is 7.20. The lowest BCUT2D eigenvalue weighted by Crippen LogP contribution is -2.51. The first-order chi connectivity index (χ1) is 17.5. The fraction of sp³-hybridized carbons (Fsp3) is 0.286. The van der Waals surface area contributed by atoms with E-state index in [-0.39, 0.29) is 17.3 Å². The first kappa shape index (κ1) is 28.4. The molecule has 3 aromatic rings. The van der Waals surface area contributed by atoms with Crippen molar-refractivity contribution < 1.29 is 18.0 Å². The van der Waals surface area contributed by atoms with Crippen molar-refractivity contribution in [2.45, 2.75) is 45.2 Å². The standard InChI is InChI=1S/C28H32BrN3O4S/c1-5-30-28(34)22(4)31(18-23-11-13-24(29)14-12-23)27(33)19-32(25-16-20(2)15-21(3)17-25)37(35,36)26-9-7-6-8-10-26/h6-17,22H,5,18-19H2,1-4H3,(H,30,34)/t22-/m0/s1. The molecule has 9 heteroatoms. The van der Waals surface area contributed by atoms with Crippen molar-refractivity contribution in [3.05, 3.63) is 94.0 Å². The van der Waals surface area contributed by atoms with Gasteiger partial charge in [0.2, 0.25) is 11.8 Å². The molecule has 0 saturated carbocycles. The van der Waals surface area contributed by atoms with Crippen molar-refractivity contribution >= 4 is 43.5 Å². The van der Waals surface area contributed by atoms with Crippen LogP contribution in [0.2, 0.25) is 0 Å². The molecule has 196 valence electrons. The number of sulfonamides is 1. The molecule has 0 aliphatic carbocycles. The van der Waals surface area contributed by atoms with Gasteiger partial charge in [-0.2, -0.15) is 0 Å². The quantitative estimate of drug-likeness (QED) is 0.370. The minimum absolute atomic E-state index is 0.0817. The maximum absolute atomic E-state index is 13.8. The summed E-state index contributed by atoms with van der Waals surface area (Å²) in [4.78, 5) is 28.1. The predicted octanol–water partition coefficient (Wildman–Crippen LogP) is 4.81. The zero-order valence-electron chi connectivity index (χ0n) is 21.4. The topological polar surface area (TPSA) is 86.8 Å². The van der Waals surface area contributed by atoms with Gasteiger partial charge in [-0.1, -0.05) is 52.3 Å². The summed E-state index contributed by atoms with van der Waals surface area (Å²) in [5, 5.41) is 2.76. The Morgan fingerprint density at radius 1 is 0.946 bits per heavy atom. The third-order valence-corrected chi connectivity index (χ3v) is 8.21. The van der Waals surface area contributed by atoms with Gasteiger partial charge in [-0.05, 0) is 80.8 Å². The third-order valence-electron chi connectivity index (χ3n) is 5.89. The maximum atomic E-state index is 13.8. The van der Waals surface area contributed by atoms with E-state index in [9.17, 15) is 18.0 Å². The van der Waals surface area contributed by atoms with Gasteiger partial charge in [0.1, 0.15) is 12.6 Å². The van der Waals surface area contributed by atoms with Crippen LogP contribution in [-0.4, -0.2) is 44.3 Å². The molecule has 0 unspecified atom stereocenters. The average molecular weight is 587 g/mol. The second-order valence-electron chi connectivity index (χ2n) is 8.89. The number of likely N-dealkylation sites (N-methyl/N-ethyl adjacent to an activating group) is 1. The first-order valence-electron chi connectivity index (χ1n) is 12.0. The molecule has 1 N–H and O–H groups in total. The van der Waals surface area contributed by atoms with Gasteiger partial charge in [-0.3, -0.25) is 13.9 Å². The molecule has 0 saturated heterocycles. The number of hydrogen-bond donors (Lipinski definition) is 1. The Hall–Kier alpha value is -3.17. The molecule has 37 heavy (non-hydrogen) atoms. The fourth-order valence-electron chi connectivity index (χ4n) is 4.03. The minimum Gasteiger partial charge on any atom is -0.355 e. The highest BCUT2D eigenvalue weighted by Crippen LogP contribution is 2.26. The smallest absolute Gasteiger partial charge is 0.264 e. The van der Waals surface area contributed by atoms with Crippen molar-refractivity contribution in [1.29, 1.82) is 0 Å². The van der Waals surface area contributed by atoms with Gasteiger partial charge in [0, 0.05) is 17.6 Å². The molecule has 0 fully saturated rings. The van der Waals surface area contributed by atoms with Crippen LogP contribution in [-0.2, 0) is 26.2 Å². The molecule has 7 nitrogen and oxygen atoms in total. The normalized spacial score (nSPS) is 12.0. The SMILES string of the molecule is CCNC(=O)[C@H](C)N(Cc1ccc(Br)cc1)C(=O)CN(c1cc(C)cc(C)c1)S(=O)(=O)c1ccccc1. The van der Waals surface area contributed by atoms with Gasteiger partial charge in [0.15, 0.2) is 0 Å². The Morgan fingerprint density at radius 2 is 1.54 bits per heavy atom. The zero-order valence-corrected chi connectivity index (χ0v) is 23.8. The van der Waals surface area contributed by atoms with Gasteiger partial charge in [-0.15, -0.1) is 0 Å². The van der Waals surface area contributed by atoms with Crippen LogP contribution in [0.15, 0.2) is 82.2 Å². The number of rotatable bonds is 10. The van der Waals surface area contributed by atoms with E-state index in [2.05, 4.69) is 21.2 Å². The Balaban J connectivity index is 2.04. The van der Waals surface area contributed by atoms with E-state index in [4.69, 9.17) is 0 Å². The van der Waals surface area contributed by atoms with Gasteiger partial charge >= 0.3 is 0 Å². The molecule has 1 atom stereocenters. The molecule has 3 aromatic carbocycles. The summed E-state index contributed by atoms with van der Waals surface area (Å²) >= 11 is 3.41. The summed E-state index contributed by atoms with van der Waals surface area (Å²) in [7, 11) is -4.07. The second kappa shape index (κ2) is 12.4. The molecule has 2 amide bonds. The van der Waals surface area contributed by atoms with Crippen molar-refractivity contribution in [2.75, 3.05) is 17.4 Å². The van der Waals surface area contributed by atoms with Crippen LogP contribution in [0.25, 0.3) is 0 Å². The number of nitrogens with zero attached hydrogens (tertiary/aromatic N) is 2. The van der Waals surface area contributed by atoms with E-state index in [1.165, 1.54) is 17.0 Å². The van der Waals surface area contributed by atoms with E-state index in [0.717, 1.165) is 25.5 Å². The second-order valence-corrected chi connectivity index (χ2v) is 11.7. The van der Waals surface area contributed by atoms with E-state index < -0.39 is 28.5 Å². The summed E-state index contributed by atoms with van der Waals surface area (Å²) in [6.07, 6.45) is 0. The van der Waals surface area contributed by atoms with Crippen molar-refractivity contribution in [1.82, 2.24) is 10.2 Å². The molecule has 0 aliphatic rings. The summed E-state index contributed by atoms with van der Waals surface area (Å²) < 4.78 is 29.6. The van der Waals surface area contributed by atoms with Crippen molar-refractivity contribution in [2.24, 2.45) is 0 Å². The minimum atomic E-state index is -4.07. The number of amides is 2. The summed E-state index contributed by atoms with van der Waals surface area (Å²) in [5.74, 6) is -0.794. The molecule has 0 radical (unpaired) electrons. The number of nitrogens with one attached hydrogen (secondary N) is 1. The van der Waals surface area contributed by atoms with Crippen molar-refractivity contribution in [3.8, 4) is 0 Å². The van der Waals surface area contributed by atoms with Gasteiger partial charge in [-0.25, -0.2) is 8.42 Å². The van der Waals surface area contributed by atoms with E-state index >= 15 is 0 Å². The number of hydrogen-bond acceptors (Lipinski definition) is 4. The number of benzene rings is 3. The summed E-state index contributed by atoms with van der Waals surface area (Å²) in [5.41, 5.74) is 2.96. The molecule has 0 bridgehead atoms. The lowest BCUT2D eigenvalue weighted by atomic mass is 10.1. The van der Waals surface area contributed by atoms with Crippen molar-refractivity contribution in [3.63, 3.8) is 0 Å². The fourth-order valence-corrected chi connectivity index (χ4v) is 5.72. The molecule has 3 rings (SSSR count). The van der Waals surface area contributed by atoms with Gasteiger partial charge < -0.3 is 10.2 Å². The highest BCUT2D eigenvalue weighted by molar-refractivity contribution is 9.10. The largest absolute Gasteiger partial charge is 0.355 e. The molecular formula is C28H32BrN3O4S. The average Bonchev–Trinajstić information content (AvgIpc) is 2.86. The Labute approximate surface area is 227 Å². The van der Waals surface area contributed by atoms with Crippen LogP contribution >= 0.6 is 15.9 Å². The summed E-state index contributed by atoms with van der Waals surface area (Å²) in [6, 6.07) is 20.1. The van der Waals surface area contributed by atoms with Crippen LogP contribution in [0, 0.1) is 13.8 Å². The van der Waals surface area contributed by atoms with Crippen LogP contribution in [0.1, 0.15) is 30.5 Å². The predicted molar refractivity (Wildman–Crippen MR) is 150 cm³/mol. The molecule has 0 spiro atoms. The first-order valence-corrected chi connectivity index (χ1v) is 14.2. The van der Waals surface area contributed by atoms with Crippen LogP contribution in [0.5, 0.6) is 0 Å². The van der Waals surface area contributed by atoms with Gasteiger partial charge in [0.05, 0.1) is 10.6 Å². The lowest BCUT2D eigenvalue weighted by Gasteiger charge is -2.32. The monoisotopic (exact) mass is 585 g/mol.